The lowest BCUT2D eigenvalue weighted by Crippen LogP contribution is -2.36. The first kappa shape index (κ1) is 21.9. The fourth-order valence-corrected chi connectivity index (χ4v) is 2.90. The van der Waals surface area contributed by atoms with Crippen molar-refractivity contribution >= 4 is 17.9 Å². The molecule has 0 aliphatic heterocycles. The van der Waals surface area contributed by atoms with Crippen molar-refractivity contribution in [2.45, 2.75) is 20.3 Å². The summed E-state index contributed by atoms with van der Waals surface area (Å²) in [6, 6.07) is 18.4. The van der Waals surface area contributed by atoms with Crippen LogP contribution in [0.1, 0.15) is 34.2 Å². The molecule has 1 heterocycles. The average Bonchev–Trinajstić information content (AvgIpc) is 3.29. The fourth-order valence-electron chi connectivity index (χ4n) is 2.90. The van der Waals surface area contributed by atoms with E-state index in [-0.39, 0.29) is 18.1 Å². The van der Waals surface area contributed by atoms with E-state index >= 15 is 0 Å². The van der Waals surface area contributed by atoms with Gasteiger partial charge in [-0.05, 0) is 55.3 Å². The highest BCUT2D eigenvalue weighted by atomic mass is 16.5. The van der Waals surface area contributed by atoms with Crippen molar-refractivity contribution < 1.29 is 18.7 Å². The molecule has 3 aromatic rings. The third kappa shape index (κ3) is 6.60. The van der Waals surface area contributed by atoms with Gasteiger partial charge in [-0.25, -0.2) is 0 Å². The zero-order valence-corrected chi connectivity index (χ0v) is 17.7. The van der Waals surface area contributed by atoms with E-state index in [1.165, 1.54) is 17.9 Å². The Labute approximate surface area is 181 Å². The van der Waals surface area contributed by atoms with Crippen LogP contribution in [0.3, 0.4) is 0 Å². The Morgan fingerprint density at radius 1 is 1.06 bits per heavy atom. The van der Waals surface area contributed by atoms with Crippen LogP contribution < -0.4 is 15.4 Å². The third-order valence-corrected chi connectivity index (χ3v) is 4.59. The highest BCUT2D eigenvalue weighted by molar-refractivity contribution is 6.05. The molecule has 2 amide bonds. The number of carbonyl (C=O) groups is 2. The average molecular weight is 418 g/mol. The first-order chi connectivity index (χ1) is 15.0. The third-order valence-electron chi connectivity index (χ3n) is 4.59. The number of amides is 2. The monoisotopic (exact) mass is 418 g/mol. The van der Waals surface area contributed by atoms with E-state index in [2.05, 4.69) is 17.6 Å². The Hall–Kier alpha value is -3.80. The van der Waals surface area contributed by atoms with Crippen LogP contribution in [0.2, 0.25) is 0 Å². The zero-order chi connectivity index (χ0) is 22.1. The van der Waals surface area contributed by atoms with Crippen LogP contribution in [0, 0.1) is 6.92 Å². The molecule has 6 nitrogen and oxygen atoms in total. The van der Waals surface area contributed by atoms with Crippen molar-refractivity contribution in [2.75, 3.05) is 13.2 Å². The van der Waals surface area contributed by atoms with Gasteiger partial charge in [0.15, 0.2) is 0 Å². The highest BCUT2D eigenvalue weighted by Gasteiger charge is 2.15. The minimum absolute atomic E-state index is 0.0914. The van der Waals surface area contributed by atoms with Crippen molar-refractivity contribution in [2.24, 2.45) is 0 Å². The molecule has 0 unspecified atom stereocenters. The predicted octanol–water partition coefficient (Wildman–Crippen LogP) is 4.12. The number of aryl methyl sites for hydroxylation is 2. The molecule has 0 fully saturated rings. The maximum Gasteiger partial charge on any atom is 0.268 e. The minimum atomic E-state index is -0.428. The quantitative estimate of drug-likeness (QED) is 0.405. The lowest BCUT2D eigenvalue weighted by atomic mass is 10.1. The smallest absolute Gasteiger partial charge is 0.268 e. The van der Waals surface area contributed by atoms with Crippen LogP contribution in [0.4, 0.5) is 0 Å². The van der Waals surface area contributed by atoms with Gasteiger partial charge in [0.05, 0.1) is 12.8 Å². The van der Waals surface area contributed by atoms with E-state index in [9.17, 15) is 9.59 Å². The summed E-state index contributed by atoms with van der Waals surface area (Å²) in [5.41, 5.74) is 2.75. The van der Waals surface area contributed by atoms with Gasteiger partial charge in [0, 0.05) is 11.6 Å². The Balaban J connectivity index is 1.60. The maximum atomic E-state index is 12.7. The predicted molar refractivity (Wildman–Crippen MR) is 120 cm³/mol. The largest absolute Gasteiger partial charge is 0.492 e. The van der Waals surface area contributed by atoms with Gasteiger partial charge in [-0.2, -0.15) is 0 Å². The molecule has 2 aromatic carbocycles. The summed E-state index contributed by atoms with van der Waals surface area (Å²) in [5, 5.41) is 5.45. The van der Waals surface area contributed by atoms with Gasteiger partial charge in [-0.3, -0.25) is 9.59 Å². The Bertz CT molecular complexity index is 1040. The van der Waals surface area contributed by atoms with E-state index in [4.69, 9.17) is 9.15 Å². The molecule has 0 saturated heterocycles. The summed E-state index contributed by atoms with van der Waals surface area (Å²) in [5.74, 6) is 0.402. The summed E-state index contributed by atoms with van der Waals surface area (Å²) < 4.78 is 11.0. The summed E-state index contributed by atoms with van der Waals surface area (Å²) >= 11 is 0. The minimum Gasteiger partial charge on any atom is -0.492 e. The number of nitrogens with one attached hydrogen (secondary N) is 2. The van der Waals surface area contributed by atoms with Crippen molar-refractivity contribution in [1.82, 2.24) is 10.6 Å². The molecule has 0 saturated carbocycles. The van der Waals surface area contributed by atoms with Crippen molar-refractivity contribution in [3.05, 3.63) is 95.1 Å². The zero-order valence-electron chi connectivity index (χ0n) is 17.7. The van der Waals surface area contributed by atoms with E-state index < -0.39 is 5.91 Å². The molecule has 0 aliphatic carbocycles. The van der Waals surface area contributed by atoms with E-state index in [1.807, 2.05) is 37.3 Å². The molecule has 3 rings (SSSR count). The summed E-state index contributed by atoms with van der Waals surface area (Å²) in [6.45, 7) is 4.58. The maximum absolute atomic E-state index is 12.7. The molecule has 1 aromatic heterocycles. The molecular weight excluding hydrogens is 392 g/mol. The molecule has 6 heteroatoms. The van der Waals surface area contributed by atoms with Crippen molar-refractivity contribution in [1.29, 1.82) is 0 Å². The molecule has 160 valence electrons. The molecule has 0 aliphatic rings. The van der Waals surface area contributed by atoms with E-state index in [1.54, 1.807) is 30.3 Å². The first-order valence-electron chi connectivity index (χ1n) is 10.2. The Morgan fingerprint density at radius 2 is 1.87 bits per heavy atom. The van der Waals surface area contributed by atoms with Gasteiger partial charge >= 0.3 is 0 Å². The SMILES string of the molecule is CCc1ccc(OCCNC(=O)/C(=C/c2ccco2)NC(=O)c2cccc(C)c2)cc1. The number of rotatable bonds is 9. The molecule has 0 spiro atoms. The number of carbonyl (C=O) groups excluding carboxylic acids is 2. The normalized spacial score (nSPS) is 11.1. The van der Waals surface area contributed by atoms with E-state index in [0.717, 1.165) is 17.7 Å². The fraction of sp³-hybridized carbons (Fsp3) is 0.200. The lowest BCUT2D eigenvalue weighted by Gasteiger charge is -2.12. The van der Waals surface area contributed by atoms with Gasteiger partial charge < -0.3 is 19.8 Å². The number of ether oxygens (including phenoxy) is 1. The topological polar surface area (TPSA) is 80.6 Å². The van der Waals surface area contributed by atoms with Gasteiger partial charge in [0.2, 0.25) is 0 Å². The first-order valence-corrected chi connectivity index (χ1v) is 10.2. The number of furan rings is 1. The lowest BCUT2D eigenvalue weighted by molar-refractivity contribution is -0.117. The van der Waals surface area contributed by atoms with Crippen LogP contribution >= 0.6 is 0 Å². The molecule has 31 heavy (non-hydrogen) atoms. The van der Waals surface area contributed by atoms with Crippen molar-refractivity contribution in [3.8, 4) is 5.75 Å². The molecule has 2 N–H and O–H groups in total. The second-order valence-corrected chi connectivity index (χ2v) is 7.00. The van der Waals surface area contributed by atoms with E-state index in [0.29, 0.717) is 17.9 Å². The van der Waals surface area contributed by atoms with Crippen LogP contribution in [-0.4, -0.2) is 25.0 Å². The van der Waals surface area contributed by atoms with Gasteiger partial charge in [0.1, 0.15) is 23.8 Å². The standard InChI is InChI=1S/C25H26N2O4/c1-3-19-9-11-21(12-10-19)31-15-13-26-25(29)23(17-22-8-5-14-30-22)27-24(28)20-7-4-6-18(2)16-20/h4-12,14,16-17H,3,13,15H2,1-2H3,(H,26,29)(H,27,28)/b23-17-. The Kier molecular flexibility index (Phi) is 7.65. The molecule has 0 atom stereocenters. The highest BCUT2D eigenvalue weighted by Crippen LogP contribution is 2.12. The number of hydrogen-bond acceptors (Lipinski definition) is 4. The molecular formula is C25H26N2O4. The van der Waals surface area contributed by atoms with Crippen molar-refractivity contribution in [3.63, 3.8) is 0 Å². The second kappa shape index (κ2) is 10.8. The number of benzene rings is 2. The van der Waals surface area contributed by atoms with Crippen LogP contribution in [0.25, 0.3) is 6.08 Å². The molecule has 0 radical (unpaired) electrons. The number of hydrogen-bond donors (Lipinski definition) is 2. The van der Waals surface area contributed by atoms with Crippen LogP contribution in [0.5, 0.6) is 5.75 Å². The van der Waals surface area contributed by atoms with Crippen LogP contribution in [-0.2, 0) is 11.2 Å². The van der Waals surface area contributed by atoms with Gasteiger partial charge in [-0.15, -0.1) is 0 Å². The van der Waals surface area contributed by atoms with Gasteiger partial charge in [0.25, 0.3) is 11.8 Å². The van der Waals surface area contributed by atoms with Crippen LogP contribution in [0.15, 0.2) is 77.0 Å². The summed E-state index contributed by atoms with van der Waals surface area (Å²) in [4.78, 5) is 25.3. The second-order valence-electron chi connectivity index (χ2n) is 7.00. The summed E-state index contributed by atoms with van der Waals surface area (Å²) in [7, 11) is 0. The Morgan fingerprint density at radius 3 is 2.55 bits per heavy atom. The van der Waals surface area contributed by atoms with Gasteiger partial charge in [-0.1, -0.05) is 36.8 Å². The summed E-state index contributed by atoms with van der Waals surface area (Å²) in [6.07, 6.45) is 3.96. The molecule has 0 bridgehead atoms.